The molecular formula is C17H22BrNO. The first-order chi connectivity index (χ1) is 9.65. The Bertz CT molecular complexity index is 504. The number of hydrogen-bond donors (Lipinski definition) is 0. The number of fused-ring (bicyclic) bond motifs is 1. The van der Waals surface area contributed by atoms with Gasteiger partial charge in [0, 0.05) is 23.5 Å². The smallest absolute Gasteiger partial charge is 0.253 e. The van der Waals surface area contributed by atoms with E-state index in [0.29, 0.717) is 10.7 Å². The molecule has 1 unspecified atom stereocenters. The maximum atomic E-state index is 12.6. The van der Waals surface area contributed by atoms with Crippen LogP contribution in [0.3, 0.4) is 0 Å². The number of hydrogen-bond acceptors (Lipinski definition) is 1. The number of halogens is 1. The van der Waals surface area contributed by atoms with Crippen LogP contribution >= 0.6 is 15.9 Å². The summed E-state index contributed by atoms with van der Waals surface area (Å²) in [7, 11) is 0. The summed E-state index contributed by atoms with van der Waals surface area (Å²) >= 11 is 3.67. The number of likely N-dealkylation sites (tertiary alicyclic amines) is 1. The summed E-state index contributed by atoms with van der Waals surface area (Å²) < 4.78 is 0. The van der Waals surface area contributed by atoms with E-state index in [1.807, 2.05) is 11.0 Å². The summed E-state index contributed by atoms with van der Waals surface area (Å²) in [6.07, 6.45) is 5.78. The minimum Gasteiger partial charge on any atom is -0.339 e. The van der Waals surface area contributed by atoms with Crippen LogP contribution in [0.2, 0.25) is 0 Å². The van der Waals surface area contributed by atoms with Crippen LogP contribution in [0.1, 0.15) is 47.7 Å². The summed E-state index contributed by atoms with van der Waals surface area (Å²) in [6.45, 7) is 4.01. The predicted molar refractivity (Wildman–Crippen MR) is 85.5 cm³/mol. The van der Waals surface area contributed by atoms with E-state index in [1.165, 1.54) is 24.0 Å². The van der Waals surface area contributed by atoms with E-state index in [-0.39, 0.29) is 5.91 Å². The van der Waals surface area contributed by atoms with Crippen molar-refractivity contribution in [1.82, 2.24) is 4.90 Å². The third-order valence-corrected chi connectivity index (χ3v) is 5.57. The molecule has 1 amide bonds. The number of aryl methyl sites for hydroxylation is 2. The number of alkyl halides is 1. The molecular weight excluding hydrogens is 314 g/mol. The van der Waals surface area contributed by atoms with E-state index in [9.17, 15) is 4.79 Å². The molecule has 3 rings (SSSR count). The average Bonchev–Trinajstić information content (AvgIpc) is 2.94. The first-order valence-corrected chi connectivity index (χ1v) is 8.62. The summed E-state index contributed by atoms with van der Waals surface area (Å²) in [5.74, 6) is 0.930. The van der Waals surface area contributed by atoms with Crippen LogP contribution in [0.5, 0.6) is 0 Å². The van der Waals surface area contributed by atoms with Gasteiger partial charge in [-0.05, 0) is 61.3 Å². The fraction of sp³-hybridized carbons (Fsp3) is 0.588. The van der Waals surface area contributed by atoms with Crippen LogP contribution in [-0.2, 0) is 12.8 Å². The Balaban J connectivity index is 1.68. The minimum atomic E-state index is 0.223. The van der Waals surface area contributed by atoms with Gasteiger partial charge in [-0.2, -0.15) is 0 Å². The number of piperidine rings is 1. The van der Waals surface area contributed by atoms with E-state index in [1.54, 1.807) is 0 Å². The number of carbonyl (C=O) groups is 1. The van der Waals surface area contributed by atoms with E-state index >= 15 is 0 Å². The zero-order chi connectivity index (χ0) is 14.1. The third kappa shape index (κ3) is 2.78. The summed E-state index contributed by atoms with van der Waals surface area (Å²) in [5.41, 5.74) is 3.71. The van der Waals surface area contributed by atoms with Crippen molar-refractivity contribution in [3.05, 3.63) is 34.9 Å². The standard InChI is InChI=1S/C17H22BrNO/c1-12(18)13-7-9-19(10-8-13)17(20)16-6-5-14-3-2-4-15(14)11-16/h5-6,11-13H,2-4,7-10H2,1H3. The maximum Gasteiger partial charge on any atom is 0.253 e. The second-order valence-corrected chi connectivity index (χ2v) is 7.59. The van der Waals surface area contributed by atoms with Gasteiger partial charge in [-0.1, -0.05) is 28.9 Å². The lowest BCUT2D eigenvalue weighted by Gasteiger charge is -2.33. The molecule has 1 saturated heterocycles. The Labute approximate surface area is 129 Å². The van der Waals surface area contributed by atoms with Crippen molar-refractivity contribution in [3.63, 3.8) is 0 Å². The zero-order valence-electron chi connectivity index (χ0n) is 12.1. The van der Waals surface area contributed by atoms with Gasteiger partial charge in [-0.25, -0.2) is 0 Å². The second kappa shape index (κ2) is 5.88. The minimum absolute atomic E-state index is 0.223. The van der Waals surface area contributed by atoms with E-state index < -0.39 is 0 Å². The Kier molecular flexibility index (Phi) is 4.16. The highest BCUT2D eigenvalue weighted by Gasteiger charge is 2.26. The first kappa shape index (κ1) is 14.1. The van der Waals surface area contributed by atoms with Gasteiger partial charge in [0.2, 0.25) is 0 Å². The Morgan fingerprint density at radius 3 is 2.65 bits per heavy atom. The molecule has 1 atom stereocenters. The quantitative estimate of drug-likeness (QED) is 0.752. The molecule has 0 spiro atoms. The molecule has 1 fully saturated rings. The largest absolute Gasteiger partial charge is 0.339 e. The second-order valence-electron chi connectivity index (χ2n) is 6.14. The molecule has 1 aliphatic carbocycles. The van der Waals surface area contributed by atoms with E-state index in [2.05, 4.69) is 35.0 Å². The maximum absolute atomic E-state index is 12.6. The van der Waals surface area contributed by atoms with Crippen LogP contribution in [0.15, 0.2) is 18.2 Å². The molecule has 3 heteroatoms. The first-order valence-electron chi connectivity index (χ1n) is 7.70. The summed E-state index contributed by atoms with van der Waals surface area (Å²) in [4.78, 5) is 15.2. The fourth-order valence-electron chi connectivity index (χ4n) is 3.45. The topological polar surface area (TPSA) is 20.3 Å². The molecule has 0 radical (unpaired) electrons. The number of benzene rings is 1. The highest BCUT2D eigenvalue weighted by atomic mass is 79.9. The molecule has 0 aromatic heterocycles. The number of amides is 1. The Morgan fingerprint density at radius 1 is 1.25 bits per heavy atom. The lowest BCUT2D eigenvalue weighted by atomic mass is 9.94. The van der Waals surface area contributed by atoms with Crippen molar-refractivity contribution in [2.45, 2.75) is 43.9 Å². The van der Waals surface area contributed by atoms with Crippen molar-refractivity contribution >= 4 is 21.8 Å². The van der Waals surface area contributed by atoms with Gasteiger partial charge in [-0.15, -0.1) is 0 Å². The molecule has 0 saturated carbocycles. The molecule has 108 valence electrons. The van der Waals surface area contributed by atoms with Crippen molar-refractivity contribution in [3.8, 4) is 0 Å². The van der Waals surface area contributed by atoms with Crippen molar-refractivity contribution < 1.29 is 4.79 Å². The van der Waals surface area contributed by atoms with Crippen LogP contribution < -0.4 is 0 Å². The third-order valence-electron chi connectivity index (χ3n) is 4.82. The number of nitrogens with zero attached hydrogens (tertiary/aromatic N) is 1. The molecule has 1 aromatic rings. The average molecular weight is 336 g/mol. The highest BCUT2D eigenvalue weighted by Crippen LogP contribution is 2.27. The molecule has 1 aliphatic heterocycles. The molecule has 20 heavy (non-hydrogen) atoms. The molecule has 0 N–H and O–H groups in total. The van der Waals surface area contributed by atoms with Crippen LogP contribution in [0, 0.1) is 5.92 Å². The summed E-state index contributed by atoms with van der Waals surface area (Å²) in [6, 6.07) is 6.30. The molecule has 2 aliphatic rings. The highest BCUT2D eigenvalue weighted by molar-refractivity contribution is 9.09. The van der Waals surface area contributed by atoms with Gasteiger partial charge >= 0.3 is 0 Å². The van der Waals surface area contributed by atoms with Crippen LogP contribution in [0.4, 0.5) is 0 Å². The van der Waals surface area contributed by atoms with E-state index in [0.717, 1.165) is 37.9 Å². The summed E-state index contributed by atoms with van der Waals surface area (Å²) in [5, 5.41) is 0. The van der Waals surface area contributed by atoms with Crippen molar-refractivity contribution in [2.75, 3.05) is 13.1 Å². The normalized spacial score (nSPS) is 20.8. The monoisotopic (exact) mass is 335 g/mol. The van der Waals surface area contributed by atoms with Gasteiger partial charge < -0.3 is 4.90 Å². The fourth-order valence-corrected chi connectivity index (χ4v) is 3.98. The van der Waals surface area contributed by atoms with Crippen LogP contribution in [0.25, 0.3) is 0 Å². The lowest BCUT2D eigenvalue weighted by molar-refractivity contribution is 0.0691. The number of carbonyl (C=O) groups excluding carboxylic acids is 1. The van der Waals surface area contributed by atoms with Crippen molar-refractivity contribution in [2.24, 2.45) is 5.92 Å². The van der Waals surface area contributed by atoms with E-state index in [4.69, 9.17) is 0 Å². The molecule has 1 heterocycles. The molecule has 2 nitrogen and oxygen atoms in total. The molecule has 1 aromatic carbocycles. The SMILES string of the molecule is CC(Br)C1CCN(C(=O)c2ccc3c(c2)CCC3)CC1. The Hall–Kier alpha value is -0.830. The molecule has 0 bridgehead atoms. The lowest BCUT2D eigenvalue weighted by Crippen LogP contribution is -2.40. The van der Waals surface area contributed by atoms with Gasteiger partial charge in [0.25, 0.3) is 5.91 Å². The zero-order valence-corrected chi connectivity index (χ0v) is 13.7. The van der Waals surface area contributed by atoms with Gasteiger partial charge in [0.1, 0.15) is 0 Å². The van der Waals surface area contributed by atoms with Crippen LogP contribution in [-0.4, -0.2) is 28.7 Å². The van der Waals surface area contributed by atoms with Gasteiger partial charge in [0.05, 0.1) is 0 Å². The number of rotatable bonds is 2. The van der Waals surface area contributed by atoms with Gasteiger partial charge in [-0.3, -0.25) is 4.79 Å². The Morgan fingerprint density at radius 2 is 1.95 bits per heavy atom. The predicted octanol–water partition coefficient (Wildman–Crippen LogP) is 3.81. The van der Waals surface area contributed by atoms with Crippen molar-refractivity contribution in [1.29, 1.82) is 0 Å². The van der Waals surface area contributed by atoms with Gasteiger partial charge in [0.15, 0.2) is 0 Å².